The Morgan fingerprint density at radius 3 is 2.72 bits per heavy atom. The zero-order valence-electron chi connectivity index (χ0n) is 16.3. The molecule has 0 aliphatic carbocycles. The van der Waals surface area contributed by atoms with Crippen LogP contribution in [0, 0.1) is 18.3 Å². The molecule has 2 aromatic rings. The van der Waals surface area contributed by atoms with Gasteiger partial charge in [-0.3, -0.25) is 14.9 Å². The quantitative estimate of drug-likeness (QED) is 0.678. The molecule has 3 atom stereocenters. The fraction of sp³-hybridized carbons (Fsp3) is 0.333. The van der Waals surface area contributed by atoms with Crippen LogP contribution < -0.4 is 15.0 Å². The van der Waals surface area contributed by atoms with Gasteiger partial charge in [-0.2, -0.15) is 33.4 Å². The van der Waals surface area contributed by atoms with Crippen LogP contribution >= 0.6 is 11.6 Å². The maximum atomic E-state index is 13.4. The van der Waals surface area contributed by atoms with Gasteiger partial charge in [-0.25, -0.2) is 4.79 Å². The minimum absolute atomic E-state index is 0.0560. The van der Waals surface area contributed by atoms with E-state index in [1.807, 2.05) is 0 Å². The van der Waals surface area contributed by atoms with Crippen LogP contribution in [0.25, 0.3) is 0 Å². The van der Waals surface area contributed by atoms with Gasteiger partial charge in [-0.15, -0.1) is 11.6 Å². The Bertz CT molecular complexity index is 1140. The maximum absolute atomic E-state index is 13.4. The van der Waals surface area contributed by atoms with Crippen molar-refractivity contribution in [3.05, 3.63) is 41.6 Å². The number of rotatable bonds is 2. The van der Waals surface area contributed by atoms with Crippen molar-refractivity contribution in [2.75, 3.05) is 11.4 Å². The van der Waals surface area contributed by atoms with Gasteiger partial charge in [0.1, 0.15) is 17.3 Å². The number of urea groups is 1. The Balaban J connectivity index is 1.60. The standard InChI is InChI=1S/C18H14ClF3N8O2/c1-9-11(5-23)15-13(7-24-9)29(8-14(32-15)18(20,21)22)17(31)28-10-4-12(19)16(25-6-10)30-26-2-3-27-30/h2-4,6-7,12,14,16H,8H2,1H3,(H,28,31)/t12-,14?,16?/m1/s1. The molecule has 10 nitrogen and oxygen atoms in total. The molecule has 2 aliphatic rings. The number of nitrogens with one attached hydrogen (secondary N) is 1. The number of anilines is 1. The summed E-state index contributed by atoms with van der Waals surface area (Å²) in [5.41, 5.74) is 0.123. The lowest BCUT2D eigenvalue weighted by Crippen LogP contribution is -2.53. The van der Waals surface area contributed by atoms with E-state index >= 15 is 0 Å². The number of alkyl halides is 4. The van der Waals surface area contributed by atoms with Gasteiger partial charge >= 0.3 is 12.2 Å². The van der Waals surface area contributed by atoms with Gasteiger partial charge in [0.15, 0.2) is 11.9 Å². The second-order valence-corrected chi connectivity index (χ2v) is 7.35. The molecule has 4 rings (SSSR count). The number of pyridine rings is 1. The molecule has 2 aliphatic heterocycles. The molecule has 1 N–H and O–H groups in total. The second-order valence-electron chi connectivity index (χ2n) is 6.84. The van der Waals surface area contributed by atoms with Crippen LogP contribution in [0.15, 0.2) is 35.4 Å². The highest BCUT2D eigenvalue weighted by Crippen LogP contribution is 2.40. The molecular formula is C18H14ClF3N8O2. The van der Waals surface area contributed by atoms with Crippen molar-refractivity contribution in [2.24, 2.45) is 4.99 Å². The van der Waals surface area contributed by atoms with Gasteiger partial charge in [0.2, 0.25) is 6.10 Å². The molecule has 4 heterocycles. The molecule has 0 fully saturated rings. The molecule has 0 saturated heterocycles. The normalized spacial score (nSPS) is 22.4. The number of aryl methyl sites for hydroxylation is 1. The number of carbonyl (C=O) groups is 1. The van der Waals surface area contributed by atoms with Crippen molar-refractivity contribution in [1.82, 2.24) is 25.3 Å². The van der Waals surface area contributed by atoms with Crippen molar-refractivity contribution in [3.8, 4) is 11.8 Å². The molecule has 0 aromatic carbocycles. The van der Waals surface area contributed by atoms with E-state index in [-0.39, 0.29) is 28.4 Å². The molecule has 166 valence electrons. The third-order valence-electron chi connectivity index (χ3n) is 4.74. The summed E-state index contributed by atoms with van der Waals surface area (Å²) < 4.78 is 45.4. The fourth-order valence-corrected chi connectivity index (χ4v) is 3.48. The number of hydrogen-bond donors (Lipinski definition) is 1. The van der Waals surface area contributed by atoms with E-state index in [1.54, 1.807) is 6.07 Å². The van der Waals surface area contributed by atoms with E-state index in [1.165, 1.54) is 42.6 Å². The number of dihydropyridines is 1. The van der Waals surface area contributed by atoms with Crippen LogP contribution in [0.5, 0.6) is 5.75 Å². The van der Waals surface area contributed by atoms with Crippen LogP contribution in [0.1, 0.15) is 17.4 Å². The summed E-state index contributed by atoms with van der Waals surface area (Å²) in [6.45, 7) is 0.630. The van der Waals surface area contributed by atoms with Crippen molar-refractivity contribution >= 4 is 29.5 Å². The lowest BCUT2D eigenvalue weighted by Gasteiger charge is -2.36. The topological polar surface area (TPSA) is 121 Å². The third-order valence-corrected chi connectivity index (χ3v) is 5.09. The molecule has 0 spiro atoms. The van der Waals surface area contributed by atoms with Gasteiger partial charge < -0.3 is 10.1 Å². The van der Waals surface area contributed by atoms with Gasteiger partial charge in [-0.05, 0) is 13.0 Å². The van der Waals surface area contributed by atoms with E-state index in [0.29, 0.717) is 0 Å². The number of amides is 2. The number of hydrogen-bond acceptors (Lipinski definition) is 7. The lowest BCUT2D eigenvalue weighted by atomic mass is 10.1. The molecule has 0 radical (unpaired) electrons. The van der Waals surface area contributed by atoms with Gasteiger partial charge in [-0.1, -0.05) is 0 Å². The summed E-state index contributed by atoms with van der Waals surface area (Å²) in [6, 6.07) is 0.890. The summed E-state index contributed by atoms with van der Waals surface area (Å²) in [5.74, 6) is -0.352. The highest BCUT2D eigenvalue weighted by Gasteiger charge is 2.48. The maximum Gasteiger partial charge on any atom is 0.427 e. The first-order valence-electron chi connectivity index (χ1n) is 9.15. The van der Waals surface area contributed by atoms with Crippen molar-refractivity contribution in [2.45, 2.75) is 30.7 Å². The minimum Gasteiger partial charge on any atom is -0.475 e. The first-order valence-corrected chi connectivity index (χ1v) is 9.59. The van der Waals surface area contributed by atoms with Crippen LogP contribution in [0.3, 0.4) is 0 Å². The number of allylic oxidation sites excluding steroid dienone is 1. The summed E-state index contributed by atoms with van der Waals surface area (Å²) in [5, 5.41) is 19.0. The Morgan fingerprint density at radius 2 is 2.09 bits per heavy atom. The molecule has 0 saturated carbocycles. The van der Waals surface area contributed by atoms with Gasteiger partial charge in [0.25, 0.3) is 0 Å². The molecule has 2 unspecified atom stereocenters. The second kappa shape index (κ2) is 8.12. The number of carbonyl (C=O) groups excluding carboxylic acids is 1. The number of halogens is 4. The third kappa shape index (κ3) is 3.96. The van der Waals surface area contributed by atoms with E-state index in [0.717, 1.165) is 4.90 Å². The monoisotopic (exact) mass is 466 g/mol. The average molecular weight is 467 g/mol. The molecule has 2 amide bonds. The summed E-state index contributed by atoms with van der Waals surface area (Å²) in [4.78, 5) is 23.2. The van der Waals surface area contributed by atoms with E-state index in [4.69, 9.17) is 16.3 Å². The highest BCUT2D eigenvalue weighted by atomic mass is 35.5. The fourth-order valence-electron chi connectivity index (χ4n) is 3.18. The Kier molecular flexibility index (Phi) is 5.47. The van der Waals surface area contributed by atoms with Crippen molar-refractivity contribution < 1.29 is 22.7 Å². The van der Waals surface area contributed by atoms with Gasteiger partial charge in [0.05, 0.1) is 41.9 Å². The largest absolute Gasteiger partial charge is 0.475 e. The zero-order valence-corrected chi connectivity index (χ0v) is 17.0. The van der Waals surface area contributed by atoms with Gasteiger partial charge in [0, 0.05) is 6.21 Å². The summed E-state index contributed by atoms with van der Waals surface area (Å²) >= 11 is 6.29. The Morgan fingerprint density at radius 1 is 1.38 bits per heavy atom. The van der Waals surface area contributed by atoms with Crippen LogP contribution in [0.2, 0.25) is 0 Å². The van der Waals surface area contributed by atoms with Crippen LogP contribution in [-0.4, -0.2) is 56.4 Å². The van der Waals surface area contributed by atoms with Crippen LogP contribution in [-0.2, 0) is 0 Å². The number of aromatic nitrogens is 4. The highest BCUT2D eigenvalue weighted by molar-refractivity contribution is 6.22. The predicted molar refractivity (Wildman–Crippen MR) is 105 cm³/mol. The number of fused-ring (bicyclic) bond motifs is 1. The average Bonchev–Trinajstić information content (AvgIpc) is 3.26. The molecule has 2 aromatic heterocycles. The number of aliphatic imine (C=N–C) groups is 1. The molecule has 32 heavy (non-hydrogen) atoms. The number of ether oxygens (including phenoxy) is 1. The van der Waals surface area contributed by atoms with E-state index in [9.17, 15) is 23.2 Å². The first-order chi connectivity index (χ1) is 15.2. The Labute approximate surface area is 183 Å². The van der Waals surface area contributed by atoms with Crippen LogP contribution in [0.4, 0.5) is 23.7 Å². The predicted octanol–water partition coefficient (Wildman–Crippen LogP) is 2.47. The van der Waals surface area contributed by atoms with Crippen molar-refractivity contribution in [1.29, 1.82) is 5.26 Å². The SMILES string of the molecule is Cc1ncc2c(c1C#N)OC(C(F)(F)F)CN2C(=O)NC1=C[C@@H](Cl)C(n2nccn2)N=C1. The minimum atomic E-state index is -4.77. The van der Waals surface area contributed by atoms with E-state index in [2.05, 4.69) is 25.5 Å². The Hall–Kier alpha value is -3.66. The lowest BCUT2D eigenvalue weighted by molar-refractivity contribution is -0.193. The summed E-state index contributed by atoms with van der Waals surface area (Å²) in [6.07, 6.45) is -0.854. The zero-order chi connectivity index (χ0) is 23.0. The molecule has 0 bridgehead atoms. The number of nitrogens with zero attached hydrogens (tertiary/aromatic N) is 7. The van der Waals surface area contributed by atoms with E-state index < -0.39 is 36.4 Å². The first kappa shape index (κ1) is 21.6. The number of nitriles is 1. The molecule has 14 heteroatoms. The van der Waals surface area contributed by atoms with Crippen molar-refractivity contribution in [3.63, 3.8) is 0 Å². The smallest absolute Gasteiger partial charge is 0.427 e. The summed E-state index contributed by atoms with van der Waals surface area (Å²) in [7, 11) is 0. The molecular weight excluding hydrogens is 453 g/mol.